The van der Waals surface area contributed by atoms with Gasteiger partial charge in [-0.05, 0) is 75.3 Å². The normalized spacial score (nSPS) is 14.8. The van der Waals surface area contributed by atoms with Crippen molar-refractivity contribution in [3.8, 4) is 5.69 Å². The highest BCUT2D eigenvalue weighted by molar-refractivity contribution is 8.00. The van der Waals surface area contributed by atoms with E-state index in [0.29, 0.717) is 5.16 Å². The van der Waals surface area contributed by atoms with Crippen LogP contribution in [0.5, 0.6) is 0 Å². The van der Waals surface area contributed by atoms with Crippen LogP contribution in [0.3, 0.4) is 0 Å². The van der Waals surface area contributed by atoms with E-state index in [0.717, 1.165) is 47.2 Å². The first-order valence-corrected chi connectivity index (χ1v) is 11.2. The van der Waals surface area contributed by atoms with Crippen LogP contribution in [0.25, 0.3) is 15.9 Å². The zero-order valence-electron chi connectivity index (χ0n) is 16.2. The Labute approximate surface area is 172 Å². The number of fused-ring (bicyclic) bond motifs is 3. The van der Waals surface area contributed by atoms with Gasteiger partial charge in [0.25, 0.3) is 5.56 Å². The van der Waals surface area contributed by atoms with Gasteiger partial charge < -0.3 is 5.73 Å². The lowest BCUT2D eigenvalue weighted by atomic mass is 9.97. The van der Waals surface area contributed by atoms with Gasteiger partial charge in [0.15, 0.2) is 5.16 Å². The molecule has 1 aliphatic rings. The summed E-state index contributed by atoms with van der Waals surface area (Å²) in [6, 6.07) is 5.95. The van der Waals surface area contributed by atoms with Crippen molar-refractivity contribution in [3.63, 3.8) is 0 Å². The molecule has 3 aromatic rings. The lowest BCUT2D eigenvalue weighted by molar-refractivity contribution is -0.117. The molecule has 0 bridgehead atoms. The molecule has 2 heterocycles. The Hall–Kier alpha value is -2.12. The standard InChI is InChI=1S/C21H23N3O2S2/c1-11-8-9-14(10-12(11)2)24-20(26)17-15-6-4-5-7-16(15)28-19(17)23-21(24)27-13(3)18(22)25/h8-10,13H,4-7H2,1-3H3,(H2,22,25)/t13-/m1/s1. The first-order chi connectivity index (χ1) is 13.4. The van der Waals surface area contributed by atoms with Gasteiger partial charge in [-0.15, -0.1) is 11.3 Å². The Morgan fingerprint density at radius 2 is 2.00 bits per heavy atom. The van der Waals surface area contributed by atoms with E-state index in [4.69, 9.17) is 10.7 Å². The zero-order valence-corrected chi connectivity index (χ0v) is 17.9. The number of thioether (sulfide) groups is 1. The van der Waals surface area contributed by atoms with Gasteiger partial charge in [0, 0.05) is 4.88 Å². The largest absolute Gasteiger partial charge is 0.369 e. The van der Waals surface area contributed by atoms with E-state index in [2.05, 4.69) is 0 Å². The minimum Gasteiger partial charge on any atom is -0.369 e. The molecule has 1 atom stereocenters. The molecule has 0 spiro atoms. The topological polar surface area (TPSA) is 78.0 Å². The second-order valence-electron chi connectivity index (χ2n) is 7.36. The lowest BCUT2D eigenvalue weighted by Gasteiger charge is -2.16. The summed E-state index contributed by atoms with van der Waals surface area (Å²) in [6.07, 6.45) is 4.21. The van der Waals surface area contributed by atoms with Crippen LogP contribution >= 0.6 is 23.1 Å². The van der Waals surface area contributed by atoms with E-state index < -0.39 is 11.2 Å². The molecule has 0 saturated heterocycles. The minimum atomic E-state index is -0.475. The van der Waals surface area contributed by atoms with E-state index in [1.54, 1.807) is 22.8 Å². The molecule has 146 valence electrons. The van der Waals surface area contributed by atoms with E-state index in [9.17, 15) is 9.59 Å². The quantitative estimate of drug-likeness (QED) is 0.520. The summed E-state index contributed by atoms with van der Waals surface area (Å²) in [7, 11) is 0. The molecule has 2 N–H and O–H groups in total. The van der Waals surface area contributed by atoms with Crippen LogP contribution in [-0.2, 0) is 17.6 Å². The maximum Gasteiger partial charge on any atom is 0.267 e. The molecule has 0 aliphatic heterocycles. The second-order valence-corrected chi connectivity index (χ2v) is 9.75. The Morgan fingerprint density at radius 3 is 2.71 bits per heavy atom. The van der Waals surface area contributed by atoms with Crippen molar-refractivity contribution < 1.29 is 4.79 Å². The van der Waals surface area contributed by atoms with Crippen LogP contribution in [0.1, 0.15) is 41.3 Å². The predicted octanol–water partition coefficient (Wildman–Crippen LogP) is 3.91. The number of rotatable bonds is 4. The number of primary amides is 1. The van der Waals surface area contributed by atoms with E-state index in [1.165, 1.54) is 27.8 Å². The van der Waals surface area contributed by atoms with Gasteiger partial charge >= 0.3 is 0 Å². The average Bonchev–Trinajstić information content (AvgIpc) is 3.03. The van der Waals surface area contributed by atoms with E-state index in [1.807, 2.05) is 32.0 Å². The predicted molar refractivity (Wildman–Crippen MR) is 116 cm³/mol. The van der Waals surface area contributed by atoms with Crippen molar-refractivity contribution in [2.24, 2.45) is 5.73 Å². The number of thiophene rings is 1. The highest BCUT2D eigenvalue weighted by atomic mass is 32.2. The van der Waals surface area contributed by atoms with Crippen molar-refractivity contribution in [2.45, 2.75) is 56.9 Å². The monoisotopic (exact) mass is 413 g/mol. The SMILES string of the molecule is Cc1ccc(-n2c(S[C@H](C)C(N)=O)nc3sc4c(c3c2=O)CCCC4)cc1C. The first kappa shape index (κ1) is 19.2. The Morgan fingerprint density at radius 1 is 1.25 bits per heavy atom. The van der Waals surface area contributed by atoms with Gasteiger partial charge in [-0.2, -0.15) is 0 Å². The summed E-state index contributed by atoms with van der Waals surface area (Å²) >= 11 is 2.86. The summed E-state index contributed by atoms with van der Waals surface area (Å²) in [4.78, 5) is 32.2. The summed E-state index contributed by atoms with van der Waals surface area (Å²) in [5.74, 6) is -0.420. The lowest BCUT2D eigenvalue weighted by Crippen LogP contribution is -2.26. The molecule has 0 radical (unpaired) electrons. The molecule has 0 unspecified atom stereocenters. The number of carbonyl (C=O) groups excluding carboxylic acids is 1. The molecule has 1 aliphatic carbocycles. The van der Waals surface area contributed by atoms with Gasteiger partial charge in [0.05, 0.1) is 16.3 Å². The molecule has 2 aromatic heterocycles. The van der Waals surface area contributed by atoms with Gasteiger partial charge in [-0.25, -0.2) is 4.98 Å². The van der Waals surface area contributed by atoms with Crippen LogP contribution in [0.15, 0.2) is 28.2 Å². The number of hydrogen-bond donors (Lipinski definition) is 1. The third-order valence-corrected chi connectivity index (χ3v) is 7.65. The van der Waals surface area contributed by atoms with Crippen molar-refractivity contribution in [1.29, 1.82) is 0 Å². The summed E-state index contributed by atoms with van der Waals surface area (Å²) in [6.45, 7) is 5.82. The fourth-order valence-corrected chi connectivity index (χ4v) is 5.75. The second kappa shape index (κ2) is 7.37. The molecule has 0 fully saturated rings. The Kier molecular flexibility index (Phi) is 5.05. The number of nitrogens with zero attached hydrogens (tertiary/aromatic N) is 2. The van der Waals surface area contributed by atoms with Crippen molar-refractivity contribution >= 4 is 39.2 Å². The molecule has 28 heavy (non-hydrogen) atoms. The highest BCUT2D eigenvalue weighted by Crippen LogP contribution is 2.35. The van der Waals surface area contributed by atoms with Crippen LogP contribution in [0, 0.1) is 13.8 Å². The third kappa shape index (κ3) is 3.26. The fraction of sp³-hybridized carbons (Fsp3) is 0.381. The summed E-state index contributed by atoms with van der Waals surface area (Å²) in [5.41, 5.74) is 9.64. The molecular formula is C21H23N3O2S2. The number of aryl methyl sites for hydroxylation is 4. The number of amides is 1. The number of aromatic nitrogens is 2. The fourth-order valence-electron chi connectivity index (χ4n) is 3.57. The van der Waals surface area contributed by atoms with Crippen LogP contribution in [0.4, 0.5) is 0 Å². The molecular weight excluding hydrogens is 390 g/mol. The van der Waals surface area contributed by atoms with Crippen molar-refractivity contribution in [3.05, 3.63) is 50.1 Å². The van der Waals surface area contributed by atoms with Crippen LogP contribution in [-0.4, -0.2) is 20.7 Å². The zero-order chi connectivity index (χ0) is 20.0. The van der Waals surface area contributed by atoms with Gasteiger partial charge in [-0.3, -0.25) is 14.2 Å². The number of hydrogen-bond acceptors (Lipinski definition) is 5. The Balaban J connectivity index is 2.00. The first-order valence-electron chi connectivity index (χ1n) is 9.47. The average molecular weight is 414 g/mol. The maximum absolute atomic E-state index is 13.6. The number of benzene rings is 1. The van der Waals surface area contributed by atoms with E-state index in [-0.39, 0.29) is 5.56 Å². The molecule has 0 saturated carbocycles. The molecule has 4 rings (SSSR count). The molecule has 1 amide bonds. The van der Waals surface area contributed by atoms with E-state index >= 15 is 0 Å². The van der Waals surface area contributed by atoms with Gasteiger partial charge in [0.2, 0.25) is 5.91 Å². The Bertz CT molecular complexity index is 1150. The molecule has 7 heteroatoms. The van der Waals surface area contributed by atoms with Crippen LogP contribution in [0.2, 0.25) is 0 Å². The molecule has 1 aromatic carbocycles. The highest BCUT2D eigenvalue weighted by Gasteiger charge is 2.24. The number of carbonyl (C=O) groups is 1. The minimum absolute atomic E-state index is 0.0492. The van der Waals surface area contributed by atoms with Gasteiger partial charge in [-0.1, -0.05) is 17.8 Å². The summed E-state index contributed by atoms with van der Waals surface area (Å²) < 4.78 is 1.65. The third-order valence-electron chi connectivity index (χ3n) is 5.39. The van der Waals surface area contributed by atoms with Crippen LogP contribution < -0.4 is 11.3 Å². The summed E-state index contributed by atoms with van der Waals surface area (Å²) in [5, 5.41) is 0.788. The smallest absolute Gasteiger partial charge is 0.267 e. The van der Waals surface area contributed by atoms with Crippen molar-refractivity contribution in [1.82, 2.24) is 9.55 Å². The number of nitrogens with two attached hydrogens (primary N) is 1. The van der Waals surface area contributed by atoms with Crippen molar-refractivity contribution in [2.75, 3.05) is 0 Å². The van der Waals surface area contributed by atoms with Gasteiger partial charge in [0.1, 0.15) is 4.83 Å². The maximum atomic E-state index is 13.6. The molecule has 5 nitrogen and oxygen atoms in total.